The molecule has 2 unspecified atom stereocenters. The zero-order valence-electron chi connectivity index (χ0n) is 45.8. The van der Waals surface area contributed by atoms with E-state index in [0.29, 0.717) is 81.4 Å². The van der Waals surface area contributed by atoms with E-state index >= 15 is 0 Å². The molecule has 0 aliphatic carbocycles. The molecule has 0 saturated carbocycles. The van der Waals surface area contributed by atoms with Gasteiger partial charge in [0.2, 0.25) is 17.8 Å². The lowest BCUT2D eigenvalue weighted by Crippen LogP contribution is -2.46. The molecule has 2 aromatic carbocycles. The van der Waals surface area contributed by atoms with Gasteiger partial charge in [-0.2, -0.15) is 9.97 Å². The number of nitrogens with zero attached hydrogens (tertiary/aromatic N) is 6. The molecule has 5 atom stereocenters. The summed E-state index contributed by atoms with van der Waals surface area (Å²) in [7, 11) is 1.80. The minimum absolute atomic E-state index is 0.0173. The second-order valence-electron chi connectivity index (χ2n) is 20.3. The summed E-state index contributed by atoms with van der Waals surface area (Å²) < 4.78 is 0. The number of imide groups is 1. The number of hydrogen-bond donors (Lipinski definition) is 8. The van der Waals surface area contributed by atoms with Crippen molar-refractivity contribution in [2.75, 3.05) is 36.5 Å². The van der Waals surface area contributed by atoms with E-state index < -0.39 is 65.3 Å². The first-order chi connectivity index (χ1) is 38.7. The van der Waals surface area contributed by atoms with Crippen LogP contribution in [0.4, 0.5) is 17.5 Å². The molecule has 1 aliphatic heterocycles. The van der Waals surface area contributed by atoms with Crippen molar-refractivity contribution in [3.63, 3.8) is 0 Å². The van der Waals surface area contributed by atoms with Crippen molar-refractivity contribution in [3.8, 4) is 0 Å². The normalized spacial score (nSPS) is 13.9. The first kappa shape index (κ1) is 63.3. The second-order valence-corrected chi connectivity index (χ2v) is 20.3. The van der Waals surface area contributed by atoms with Gasteiger partial charge in [-0.15, -0.1) is 0 Å². The Hall–Kier alpha value is -8.54. The number of Topliss-reactive ketones (excluding diaryl/α,β-unsaturated/α-hetero) is 3. The summed E-state index contributed by atoms with van der Waals surface area (Å²) >= 11 is 0. The number of hydrogen-bond acceptors (Lipinski definition) is 18. The summed E-state index contributed by atoms with van der Waals surface area (Å²) in [6.45, 7) is 2.41. The van der Waals surface area contributed by atoms with Crippen molar-refractivity contribution in [2.24, 2.45) is 17.6 Å². The zero-order chi connectivity index (χ0) is 59.0. The van der Waals surface area contributed by atoms with Gasteiger partial charge in [-0.1, -0.05) is 49.6 Å². The van der Waals surface area contributed by atoms with Gasteiger partial charge >= 0.3 is 11.9 Å². The van der Waals surface area contributed by atoms with Gasteiger partial charge < -0.3 is 48.3 Å². The number of benzene rings is 2. The lowest BCUT2D eigenvalue weighted by molar-refractivity contribution is -0.144. The molecule has 11 N–H and O–H groups in total. The smallest absolute Gasteiger partial charge is 0.326 e. The molecule has 0 bridgehead atoms. The van der Waals surface area contributed by atoms with Crippen molar-refractivity contribution in [1.29, 1.82) is 0 Å². The van der Waals surface area contributed by atoms with Gasteiger partial charge in [-0.25, -0.2) is 14.8 Å². The van der Waals surface area contributed by atoms with Crippen LogP contribution in [-0.4, -0.2) is 132 Å². The number of nitrogens with two attached hydrogens (primary N) is 3. The predicted molar refractivity (Wildman–Crippen MR) is 299 cm³/mol. The van der Waals surface area contributed by atoms with E-state index in [1.165, 1.54) is 25.3 Å². The Kier molecular flexibility index (Phi) is 24.9. The third-order valence-corrected chi connectivity index (χ3v) is 13.9. The molecule has 24 nitrogen and oxygen atoms in total. The quantitative estimate of drug-likeness (QED) is 0.0235. The van der Waals surface area contributed by atoms with Crippen molar-refractivity contribution in [3.05, 3.63) is 89.8 Å². The third-order valence-electron chi connectivity index (χ3n) is 13.9. The van der Waals surface area contributed by atoms with Crippen LogP contribution < -0.4 is 38.1 Å². The monoisotopic (exact) mass is 1120 g/mol. The Morgan fingerprint density at radius 2 is 1.35 bits per heavy atom. The Bertz CT molecular complexity index is 2890. The van der Waals surface area contributed by atoms with E-state index in [9.17, 15) is 58.2 Å². The molecular weight excluding hydrogens is 1040 g/mol. The average Bonchev–Trinajstić information content (AvgIpc) is 3.79. The van der Waals surface area contributed by atoms with E-state index in [1.54, 1.807) is 61.6 Å². The zero-order valence-corrected chi connectivity index (χ0v) is 45.8. The summed E-state index contributed by atoms with van der Waals surface area (Å²) in [5.74, 6) is -7.93. The predicted octanol–water partition coefficient (Wildman–Crippen LogP) is 3.79. The molecule has 5 amide bonds. The molecule has 5 rings (SSSR count). The van der Waals surface area contributed by atoms with Crippen molar-refractivity contribution in [1.82, 2.24) is 40.8 Å². The second kappa shape index (κ2) is 31.9. The molecule has 0 radical (unpaired) electrons. The lowest BCUT2D eigenvalue weighted by atomic mass is 9.89. The van der Waals surface area contributed by atoms with Crippen LogP contribution in [0.1, 0.15) is 131 Å². The van der Waals surface area contributed by atoms with E-state index in [0.717, 1.165) is 10.5 Å². The molecule has 0 saturated heterocycles. The van der Waals surface area contributed by atoms with Crippen LogP contribution in [0.25, 0.3) is 11.2 Å². The first-order valence-corrected chi connectivity index (χ1v) is 27.3. The molecule has 434 valence electrons. The number of amides is 5. The molecule has 4 aromatic rings. The Morgan fingerprint density at radius 1 is 0.679 bits per heavy atom. The highest BCUT2D eigenvalue weighted by Crippen LogP contribution is 2.22. The number of unbranched alkanes of at least 4 members (excludes halogenated alkanes) is 5. The molecule has 1 aliphatic rings. The highest BCUT2D eigenvalue weighted by atomic mass is 16.4. The van der Waals surface area contributed by atoms with Crippen LogP contribution in [0, 0.1) is 11.8 Å². The van der Waals surface area contributed by atoms with Gasteiger partial charge in [0.05, 0.1) is 36.4 Å². The van der Waals surface area contributed by atoms with Gasteiger partial charge in [0.15, 0.2) is 28.5 Å². The third kappa shape index (κ3) is 20.6. The topological polar surface area (TPSA) is 383 Å². The maximum absolute atomic E-state index is 14.1. The minimum atomic E-state index is -1.34. The molecule has 3 heterocycles. The van der Waals surface area contributed by atoms with E-state index in [1.807, 2.05) is 4.90 Å². The van der Waals surface area contributed by atoms with Crippen LogP contribution in [-0.2, 0) is 56.1 Å². The van der Waals surface area contributed by atoms with Gasteiger partial charge in [0.25, 0.3) is 17.7 Å². The Labute approximate surface area is 469 Å². The molecule has 0 fully saturated rings. The maximum Gasteiger partial charge on any atom is 0.326 e. The number of anilines is 3. The highest BCUT2D eigenvalue weighted by molar-refractivity contribution is 6.12. The lowest BCUT2D eigenvalue weighted by Gasteiger charge is -2.24. The van der Waals surface area contributed by atoms with Crippen molar-refractivity contribution in [2.45, 2.75) is 141 Å². The minimum Gasteiger partial charge on any atom is -0.481 e. The number of ketones is 3. The van der Waals surface area contributed by atoms with E-state index in [-0.39, 0.29) is 111 Å². The SMILES string of the molecule is CC(NC(=O)CCCCCN1C(=O)C=CC1=O)C(=O)CC(Cc1ccccc1)C(=O)N[C@@H](CCCCN)C(=O)C[C@@H](CCCCCC(=O)CC[C@H](NC(=O)c1ccc(N(C)Cc2cnc3nc(N)nc(N)c3n2)cc1)C(=O)O)C(=O)O. The molecular formula is C57H74N12O12. The van der Waals surface area contributed by atoms with Crippen LogP contribution in [0.3, 0.4) is 0 Å². The fourth-order valence-corrected chi connectivity index (χ4v) is 9.23. The number of aromatic nitrogens is 4. The number of nitrogens with one attached hydrogen (secondary N) is 3. The average molecular weight is 1120 g/mol. The number of carbonyl (C=O) groups is 10. The fraction of sp³-hybridized carbons (Fsp3) is 0.474. The molecule has 2 aromatic heterocycles. The number of carboxylic acid groups (broad SMARTS) is 2. The van der Waals surface area contributed by atoms with Gasteiger partial charge in [0.1, 0.15) is 11.8 Å². The van der Waals surface area contributed by atoms with Crippen molar-refractivity contribution < 1.29 is 58.2 Å². The Morgan fingerprint density at radius 3 is 2.02 bits per heavy atom. The summed E-state index contributed by atoms with van der Waals surface area (Å²) in [5.41, 5.74) is 20.1. The maximum atomic E-state index is 14.1. The molecule has 24 heteroatoms. The highest BCUT2D eigenvalue weighted by Gasteiger charge is 2.32. The van der Waals surface area contributed by atoms with Crippen LogP contribution in [0.15, 0.2) is 72.9 Å². The number of nitrogen functional groups attached to an aromatic ring is 2. The first-order valence-electron chi connectivity index (χ1n) is 27.3. The summed E-state index contributed by atoms with van der Waals surface area (Å²) in [4.78, 5) is 148. The van der Waals surface area contributed by atoms with Gasteiger partial charge in [-0.05, 0) is 101 Å². The molecule has 81 heavy (non-hydrogen) atoms. The number of rotatable bonds is 37. The van der Waals surface area contributed by atoms with E-state index in [4.69, 9.17) is 17.2 Å². The summed E-state index contributed by atoms with van der Waals surface area (Å²) in [6.07, 6.45) is 7.38. The number of aliphatic carboxylic acids is 2. The summed E-state index contributed by atoms with van der Waals surface area (Å²) in [5, 5.41) is 28.1. The van der Waals surface area contributed by atoms with Crippen LogP contribution in [0.5, 0.6) is 0 Å². The number of carbonyl (C=O) groups excluding carboxylic acids is 8. The van der Waals surface area contributed by atoms with E-state index in [2.05, 4.69) is 35.9 Å². The van der Waals surface area contributed by atoms with Gasteiger partial charge in [0, 0.05) is 75.0 Å². The van der Waals surface area contributed by atoms with Crippen molar-refractivity contribution >= 4 is 87.4 Å². The number of carboxylic acids is 2. The van der Waals surface area contributed by atoms with Crippen LogP contribution in [0.2, 0.25) is 0 Å². The Balaban J connectivity index is 1.06. The summed E-state index contributed by atoms with van der Waals surface area (Å²) in [6, 6.07) is 12.1. The fourth-order valence-electron chi connectivity index (χ4n) is 9.23. The van der Waals surface area contributed by atoms with Crippen LogP contribution >= 0.6 is 0 Å². The molecule has 0 spiro atoms. The largest absolute Gasteiger partial charge is 0.481 e. The number of fused-ring (bicyclic) bond motifs is 1. The standard InChI is InChI=1S/C57H74N12O12/c1-35(62-47(73)19-10-5-13-29-69-48(74)26-27-49(69)75)45(71)32-39(30-36-14-6-3-7-15-36)54(77)64-43(18-11-12-28-58)46(72)31-38(55(78)79)16-8-4-9-17-42(70)24-25-44(56(80)81)65-53(76)37-20-22-41(23-21-37)68(2)34-40-33-61-52-50(63-40)51(59)66-57(60)67-52/h3,6-7,14-15,20-23,26-27,33,35,38-39,43-44H,4-5,8-13,16-19,24-25,28-32,34,58H2,1-2H3,(H,62,73)(H,64,77)(H,65,76)(H,78,79)(H,80,81)(H4,59,60,61,66,67)/t35?,38-,39?,43+,44+/m1/s1. The van der Waals surface area contributed by atoms with Gasteiger partial charge in [-0.3, -0.25) is 48.1 Å².